The summed E-state index contributed by atoms with van der Waals surface area (Å²) in [4.78, 5) is 43.0. The van der Waals surface area contributed by atoms with E-state index in [-0.39, 0.29) is 18.4 Å². The molecule has 1 saturated carbocycles. The predicted molar refractivity (Wildman–Crippen MR) is 101 cm³/mol. The molecule has 0 atom stereocenters. The van der Waals surface area contributed by atoms with Crippen LogP contribution < -0.4 is 10.2 Å². The van der Waals surface area contributed by atoms with E-state index >= 15 is 0 Å². The molecule has 2 saturated heterocycles. The van der Waals surface area contributed by atoms with Crippen LogP contribution in [0.15, 0.2) is 30.3 Å². The van der Waals surface area contributed by atoms with E-state index in [0.29, 0.717) is 25.9 Å². The Hall–Kier alpha value is -2.57. The highest BCUT2D eigenvalue weighted by atomic mass is 16.2. The van der Waals surface area contributed by atoms with Crippen molar-refractivity contribution in [1.82, 2.24) is 15.1 Å². The Kier molecular flexibility index (Phi) is 4.76. The lowest BCUT2D eigenvalue weighted by atomic mass is 9.82. The number of rotatable bonds is 3. The Morgan fingerprint density at radius 3 is 2.30 bits per heavy atom. The number of urea groups is 1. The second-order valence-electron chi connectivity index (χ2n) is 7.67. The van der Waals surface area contributed by atoms with E-state index in [1.165, 1.54) is 0 Å². The van der Waals surface area contributed by atoms with Gasteiger partial charge in [-0.1, -0.05) is 37.5 Å². The molecule has 1 aromatic carbocycles. The van der Waals surface area contributed by atoms with E-state index in [2.05, 4.69) is 22.3 Å². The Labute approximate surface area is 159 Å². The van der Waals surface area contributed by atoms with Crippen LogP contribution in [0.5, 0.6) is 0 Å². The normalized spacial score (nSPS) is 22.3. The fourth-order valence-corrected chi connectivity index (χ4v) is 4.40. The van der Waals surface area contributed by atoms with Crippen molar-refractivity contribution in [3.8, 4) is 0 Å². The lowest BCUT2D eigenvalue weighted by Gasteiger charge is -2.36. The Morgan fingerprint density at radius 1 is 0.963 bits per heavy atom. The minimum Gasteiger partial charge on any atom is -0.368 e. The van der Waals surface area contributed by atoms with Gasteiger partial charge in [0.1, 0.15) is 12.1 Å². The molecule has 144 valence electrons. The number of hydrogen-bond acceptors (Lipinski definition) is 4. The van der Waals surface area contributed by atoms with Crippen molar-refractivity contribution in [2.24, 2.45) is 0 Å². The maximum absolute atomic E-state index is 12.8. The van der Waals surface area contributed by atoms with E-state index in [9.17, 15) is 14.4 Å². The number of nitrogens with zero attached hydrogens (tertiary/aromatic N) is 3. The number of piperazine rings is 1. The number of carbonyl (C=O) groups excluding carboxylic acids is 3. The van der Waals surface area contributed by atoms with Crippen molar-refractivity contribution in [3.05, 3.63) is 30.3 Å². The smallest absolute Gasteiger partial charge is 0.325 e. The zero-order valence-electron chi connectivity index (χ0n) is 15.5. The number of amides is 4. The number of para-hydroxylation sites is 1. The largest absolute Gasteiger partial charge is 0.368 e. The van der Waals surface area contributed by atoms with Crippen LogP contribution in [0.25, 0.3) is 0 Å². The van der Waals surface area contributed by atoms with Gasteiger partial charge in [-0.05, 0) is 25.0 Å². The van der Waals surface area contributed by atoms with Gasteiger partial charge in [-0.15, -0.1) is 0 Å². The van der Waals surface area contributed by atoms with Gasteiger partial charge < -0.3 is 15.1 Å². The highest BCUT2D eigenvalue weighted by molar-refractivity contribution is 6.09. The van der Waals surface area contributed by atoms with Crippen molar-refractivity contribution in [2.75, 3.05) is 37.6 Å². The molecule has 0 aromatic heterocycles. The Balaban J connectivity index is 1.34. The average Bonchev–Trinajstić information content (AvgIpc) is 2.93. The molecule has 4 rings (SSSR count). The molecule has 3 fully saturated rings. The summed E-state index contributed by atoms with van der Waals surface area (Å²) in [6.07, 6.45) is 4.33. The van der Waals surface area contributed by atoms with Crippen molar-refractivity contribution >= 4 is 23.5 Å². The van der Waals surface area contributed by atoms with E-state index in [1.807, 2.05) is 18.2 Å². The quantitative estimate of drug-likeness (QED) is 0.820. The summed E-state index contributed by atoms with van der Waals surface area (Å²) in [6, 6.07) is 9.71. The fraction of sp³-hybridized carbons (Fsp3) is 0.550. The van der Waals surface area contributed by atoms with Crippen molar-refractivity contribution in [1.29, 1.82) is 0 Å². The average molecular weight is 370 g/mol. The molecule has 3 aliphatic rings. The number of anilines is 1. The summed E-state index contributed by atoms with van der Waals surface area (Å²) < 4.78 is 0. The first-order valence-electron chi connectivity index (χ1n) is 9.81. The molecule has 1 spiro atoms. The maximum atomic E-state index is 12.8. The molecule has 0 radical (unpaired) electrons. The molecule has 4 amide bonds. The van der Waals surface area contributed by atoms with Gasteiger partial charge in [-0.25, -0.2) is 4.79 Å². The van der Waals surface area contributed by atoms with Crippen LogP contribution in [0.3, 0.4) is 0 Å². The molecule has 27 heavy (non-hydrogen) atoms. The highest BCUT2D eigenvalue weighted by Gasteiger charge is 2.51. The van der Waals surface area contributed by atoms with Gasteiger partial charge in [0.05, 0.1) is 0 Å². The van der Waals surface area contributed by atoms with Gasteiger partial charge in [0, 0.05) is 31.9 Å². The van der Waals surface area contributed by atoms with Gasteiger partial charge in [0.25, 0.3) is 5.91 Å². The molecule has 1 aromatic rings. The fourth-order valence-electron chi connectivity index (χ4n) is 4.40. The predicted octanol–water partition coefficient (Wildman–Crippen LogP) is 1.59. The Bertz CT molecular complexity index is 722. The number of nitrogens with one attached hydrogen (secondary N) is 1. The lowest BCUT2D eigenvalue weighted by molar-refractivity contribution is -0.139. The molecule has 2 aliphatic heterocycles. The van der Waals surface area contributed by atoms with E-state index < -0.39 is 11.6 Å². The van der Waals surface area contributed by atoms with Crippen molar-refractivity contribution in [3.63, 3.8) is 0 Å². The molecular weight excluding hydrogens is 344 g/mol. The minimum absolute atomic E-state index is 0.154. The van der Waals surface area contributed by atoms with Crippen LogP contribution in [-0.2, 0) is 9.59 Å². The standard InChI is InChI=1S/C20H26N4O3/c25-17(23-13-11-22(12-14-23)16-7-3-1-4-8-16)15-24-18(26)20(21-19(24)27)9-5-2-6-10-20/h1,3-4,7-8H,2,5-6,9-15H2,(H,21,27). The summed E-state index contributed by atoms with van der Waals surface area (Å²) in [5.74, 6) is -0.373. The molecule has 0 unspecified atom stereocenters. The topological polar surface area (TPSA) is 73.0 Å². The molecular formula is C20H26N4O3. The first-order valence-corrected chi connectivity index (χ1v) is 9.81. The summed E-state index contributed by atoms with van der Waals surface area (Å²) in [6.45, 7) is 2.54. The van der Waals surface area contributed by atoms with Gasteiger partial charge >= 0.3 is 6.03 Å². The van der Waals surface area contributed by atoms with Gasteiger partial charge in [-0.3, -0.25) is 14.5 Å². The van der Waals surface area contributed by atoms with Crippen LogP contribution in [0.1, 0.15) is 32.1 Å². The third kappa shape index (κ3) is 3.38. The van der Waals surface area contributed by atoms with E-state index in [1.54, 1.807) is 4.90 Å². The second kappa shape index (κ2) is 7.21. The van der Waals surface area contributed by atoms with Gasteiger partial charge in [0.15, 0.2) is 0 Å². The number of imide groups is 1. The van der Waals surface area contributed by atoms with Crippen molar-refractivity contribution < 1.29 is 14.4 Å². The molecule has 1 aliphatic carbocycles. The summed E-state index contributed by atoms with van der Waals surface area (Å²) in [5.41, 5.74) is 0.389. The third-order valence-electron chi connectivity index (χ3n) is 6.00. The first-order chi connectivity index (χ1) is 13.1. The molecule has 0 bridgehead atoms. The van der Waals surface area contributed by atoms with Gasteiger partial charge in [0.2, 0.25) is 5.91 Å². The molecule has 2 heterocycles. The molecule has 7 heteroatoms. The highest BCUT2D eigenvalue weighted by Crippen LogP contribution is 2.33. The molecule has 1 N–H and O–H groups in total. The van der Waals surface area contributed by atoms with Crippen LogP contribution in [0, 0.1) is 0 Å². The van der Waals surface area contributed by atoms with Crippen molar-refractivity contribution in [2.45, 2.75) is 37.6 Å². The van der Waals surface area contributed by atoms with Crippen LogP contribution in [0.2, 0.25) is 0 Å². The SMILES string of the molecule is O=C(CN1C(=O)NC2(CCCCC2)C1=O)N1CCN(c2ccccc2)CC1. The summed E-state index contributed by atoms with van der Waals surface area (Å²) in [5, 5.41) is 2.86. The number of carbonyl (C=O) groups is 3. The maximum Gasteiger partial charge on any atom is 0.325 e. The van der Waals surface area contributed by atoms with Crippen LogP contribution in [0.4, 0.5) is 10.5 Å². The van der Waals surface area contributed by atoms with Crippen LogP contribution in [-0.4, -0.2) is 65.9 Å². The summed E-state index contributed by atoms with van der Waals surface area (Å²) >= 11 is 0. The third-order valence-corrected chi connectivity index (χ3v) is 6.00. The summed E-state index contributed by atoms with van der Waals surface area (Å²) in [7, 11) is 0. The van der Waals surface area contributed by atoms with E-state index in [4.69, 9.17) is 0 Å². The van der Waals surface area contributed by atoms with Gasteiger partial charge in [-0.2, -0.15) is 0 Å². The zero-order chi connectivity index (χ0) is 18.9. The Morgan fingerprint density at radius 2 is 1.63 bits per heavy atom. The number of hydrogen-bond donors (Lipinski definition) is 1. The number of benzene rings is 1. The lowest BCUT2D eigenvalue weighted by Crippen LogP contribution is -2.52. The molecule has 7 nitrogen and oxygen atoms in total. The van der Waals surface area contributed by atoms with E-state index in [0.717, 1.165) is 42.9 Å². The zero-order valence-corrected chi connectivity index (χ0v) is 15.5. The monoisotopic (exact) mass is 370 g/mol. The van der Waals surface area contributed by atoms with Crippen LogP contribution >= 0.6 is 0 Å². The minimum atomic E-state index is -0.762. The second-order valence-corrected chi connectivity index (χ2v) is 7.67. The first kappa shape index (κ1) is 17.8.